The highest BCUT2D eigenvalue weighted by Gasteiger charge is 2.19. The first kappa shape index (κ1) is 18.3. The summed E-state index contributed by atoms with van der Waals surface area (Å²) in [7, 11) is 0. The van der Waals surface area contributed by atoms with Crippen LogP contribution in [0.25, 0.3) is 0 Å². The number of nitrogens with one attached hydrogen (secondary N) is 1. The van der Waals surface area contributed by atoms with E-state index in [2.05, 4.69) is 19.2 Å². The Morgan fingerprint density at radius 1 is 1.37 bits per heavy atom. The van der Waals surface area contributed by atoms with E-state index in [9.17, 15) is 4.79 Å². The molecule has 0 aliphatic heterocycles. The van der Waals surface area contributed by atoms with E-state index in [1.54, 1.807) is 11.8 Å². The number of hydrogen-bond donors (Lipinski definition) is 2. The van der Waals surface area contributed by atoms with Gasteiger partial charge in [0.05, 0.1) is 6.04 Å². The number of carbonyl (C=O) groups is 1. The molecule has 5 heteroatoms. The molecular formula is C14H23ClN2OS. The molecule has 3 N–H and O–H groups in total. The fourth-order valence-electron chi connectivity index (χ4n) is 1.46. The molecule has 0 aliphatic rings. The molecule has 0 fully saturated rings. The fourth-order valence-corrected chi connectivity index (χ4v) is 1.68. The largest absolute Gasteiger partial charge is 0.353 e. The third-order valence-corrected chi connectivity index (χ3v) is 4.13. The molecule has 1 amide bonds. The second-order valence-electron chi connectivity index (χ2n) is 4.98. The Bertz CT molecular complexity index is 384. The van der Waals surface area contributed by atoms with Gasteiger partial charge in [0.25, 0.3) is 0 Å². The molecule has 1 unspecified atom stereocenters. The number of halogens is 1. The molecule has 1 aromatic rings. The minimum absolute atomic E-state index is 0. The number of rotatable bonds is 6. The smallest absolute Gasteiger partial charge is 0.237 e. The van der Waals surface area contributed by atoms with Gasteiger partial charge >= 0.3 is 0 Å². The van der Waals surface area contributed by atoms with Crippen molar-refractivity contribution in [3.8, 4) is 0 Å². The molecular weight excluding hydrogens is 280 g/mol. The normalized spacial score (nSPS) is 12.4. The number of nitrogens with two attached hydrogens (primary N) is 1. The van der Waals surface area contributed by atoms with Gasteiger partial charge in [-0.2, -0.15) is 11.8 Å². The number of benzene rings is 1. The van der Waals surface area contributed by atoms with Crippen LogP contribution in [0.4, 0.5) is 0 Å². The Morgan fingerprint density at radius 3 is 2.47 bits per heavy atom. The van der Waals surface area contributed by atoms with Gasteiger partial charge in [-0.25, -0.2) is 0 Å². The van der Waals surface area contributed by atoms with Crippen LogP contribution < -0.4 is 11.1 Å². The molecule has 0 saturated heterocycles. The second-order valence-corrected chi connectivity index (χ2v) is 6.49. The van der Waals surface area contributed by atoms with Gasteiger partial charge in [0, 0.05) is 11.3 Å². The predicted molar refractivity (Wildman–Crippen MR) is 86.0 cm³/mol. The maximum absolute atomic E-state index is 11.9. The minimum atomic E-state index is -0.481. The van der Waals surface area contributed by atoms with Crippen molar-refractivity contribution in [1.82, 2.24) is 5.32 Å². The standard InChI is InChI=1S/C14H22N2OS.ClH/c1-14(2,18-3)10-16-13(17)12(15)9-11-7-5-4-6-8-11;/h4-8,12H,9-10,15H2,1-3H3,(H,16,17);1H. The van der Waals surface area contributed by atoms with Gasteiger partial charge < -0.3 is 11.1 Å². The summed E-state index contributed by atoms with van der Waals surface area (Å²) in [6.45, 7) is 4.83. The van der Waals surface area contributed by atoms with Crippen LogP contribution in [0.3, 0.4) is 0 Å². The topological polar surface area (TPSA) is 55.1 Å². The number of thioether (sulfide) groups is 1. The van der Waals surface area contributed by atoms with E-state index in [0.717, 1.165) is 5.56 Å². The highest BCUT2D eigenvalue weighted by atomic mass is 35.5. The van der Waals surface area contributed by atoms with E-state index in [-0.39, 0.29) is 23.1 Å². The van der Waals surface area contributed by atoms with E-state index in [0.29, 0.717) is 13.0 Å². The van der Waals surface area contributed by atoms with Crippen molar-refractivity contribution < 1.29 is 4.79 Å². The van der Waals surface area contributed by atoms with Crippen molar-refractivity contribution in [3.05, 3.63) is 35.9 Å². The first-order chi connectivity index (χ1) is 8.44. The van der Waals surface area contributed by atoms with E-state index in [1.165, 1.54) is 0 Å². The molecule has 108 valence electrons. The quantitative estimate of drug-likeness (QED) is 0.847. The van der Waals surface area contributed by atoms with Crippen LogP contribution in [0.1, 0.15) is 19.4 Å². The van der Waals surface area contributed by atoms with Gasteiger partial charge in [0.1, 0.15) is 0 Å². The molecule has 1 rings (SSSR count). The monoisotopic (exact) mass is 302 g/mol. The van der Waals surface area contributed by atoms with Gasteiger partial charge in [-0.15, -0.1) is 12.4 Å². The van der Waals surface area contributed by atoms with Gasteiger partial charge in [0.2, 0.25) is 5.91 Å². The van der Waals surface area contributed by atoms with E-state index >= 15 is 0 Å². The molecule has 1 aromatic carbocycles. The van der Waals surface area contributed by atoms with Gasteiger partial charge in [-0.05, 0) is 32.1 Å². The van der Waals surface area contributed by atoms with Crippen LogP contribution in [0.15, 0.2) is 30.3 Å². The van der Waals surface area contributed by atoms with E-state index in [4.69, 9.17) is 5.73 Å². The Morgan fingerprint density at radius 2 is 1.95 bits per heavy atom. The molecule has 0 aromatic heterocycles. The summed E-state index contributed by atoms with van der Waals surface area (Å²) in [5, 5.41) is 2.91. The summed E-state index contributed by atoms with van der Waals surface area (Å²) in [6, 6.07) is 9.35. The van der Waals surface area contributed by atoms with Crippen LogP contribution in [0, 0.1) is 0 Å². The molecule has 0 spiro atoms. The zero-order valence-electron chi connectivity index (χ0n) is 11.7. The van der Waals surface area contributed by atoms with Crippen LogP contribution in [-0.4, -0.2) is 29.5 Å². The van der Waals surface area contributed by atoms with Crippen LogP contribution in [0.2, 0.25) is 0 Å². The second kappa shape index (κ2) is 8.46. The van der Waals surface area contributed by atoms with Gasteiger partial charge in [-0.3, -0.25) is 4.79 Å². The molecule has 19 heavy (non-hydrogen) atoms. The zero-order valence-corrected chi connectivity index (χ0v) is 13.3. The van der Waals surface area contributed by atoms with Crippen LogP contribution >= 0.6 is 24.2 Å². The maximum atomic E-state index is 11.9. The van der Waals surface area contributed by atoms with Gasteiger partial charge in [0.15, 0.2) is 0 Å². The summed E-state index contributed by atoms with van der Waals surface area (Å²) in [4.78, 5) is 11.9. The van der Waals surface area contributed by atoms with Crippen molar-refractivity contribution in [3.63, 3.8) is 0 Å². The van der Waals surface area contributed by atoms with Crippen molar-refractivity contribution >= 4 is 30.1 Å². The summed E-state index contributed by atoms with van der Waals surface area (Å²) in [5.41, 5.74) is 6.99. The Balaban J connectivity index is 0.00000324. The minimum Gasteiger partial charge on any atom is -0.353 e. The molecule has 0 aliphatic carbocycles. The lowest BCUT2D eigenvalue weighted by atomic mass is 10.1. The third-order valence-electron chi connectivity index (χ3n) is 2.88. The lowest BCUT2D eigenvalue weighted by Gasteiger charge is -2.23. The van der Waals surface area contributed by atoms with Crippen LogP contribution in [0.5, 0.6) is 0 Å². The van der Waals surface area contributed by atoms with Crippen LogP contribution in [-0.2, 0) is 11.2 Å². The summed E-state index contributed by atoms with van der Waals surface area (Å²) in [5.74, 6) is -0.0824. The van der Waals surface area contributed by atoms with Crippen molar-refractivity contribution in [2.45, 2.75) is 31.1 Å². The summed E-state index contributed by atoms with van der Waals surface area (Å²) >= 11 is 1.73. The Kier molecular flexibility index (Phi) is 8.14. The zero-order chi connectivity index (χ0) is 13.6. The van der Waals surface area contributed by atoms with Crippen molar-refractivity contribution in [2.24, 2.45) is 5.73 Å². The van der Waals surface area contributed by atoms with Gasteiger partial charge in [-0.1, -0.05) is 30.3 Å². The first-order valence-corrected chi connectivity index (χ1v) is 7.29. The SMILES string of the molecule is CSC(C)(C)CNC(=O)C(N)Cc1ccccc1.Cl. The number of carbonyl (C=O) groups excluding carboxylic acids is 1. The molecule has 0 radical (unpaired) electrons. The molecule has 0 bridgehead atoms. The van der Waals surface area contributed by atoms with Crippen molar-refractivity contribution in [2.75, 3.05) is 12.8 Å². The predicted octanol–water partition coefficient (Wildman–Crippen LogP) is 2.24. The lowest BCUT2D eigenvalue weighted by molar-refractivity contribution is -0.122. The summed E-state index contributed by atoms with van der Waals surface area (Å²) in [6.07, 6.45) is 2.61. The molecule has 1 atom stereocenters. The first-order valence-electron chi connectivity index (χ1n) is 6.07. The molecule has 0 saturated carbocycles. The van der Waals surface area contributed by atoms with Crippen molar-refractivity contribution in [1.29, 1.82) is 0 Å². The summed E-state index contributed by atoms with van der Waals surface area (Å²) < 4.78 is 0.0438. The third kappa shape index (κ3) is 6.85. The highest BCUT2D eigenvalue weighted by Crippen LogP contribution is 2.19. The number of amides is 1. The Labute approximate surface area is 126 Å². The van der Waals surface area contributed by atoms with E-state index in [1.807, 2.05) is 36.6 Å². The fraction of sp³-hybridized carbons (Fsp3) is 0.500. The number of hydrogen-bond acceptors (Lipinski definition) is 3. The average Bonchev–Trinajstić information content (AvgIpc) is 2.37. The maximum Gasteiger partial charge on any atom is 0.237 e. The Hall–Kier alpha value is -0.710. The highest BCUT2D eigenvalue weighted by molar-refractivity contribution is 7.99. The van der Waals surface area contributed by atoms with E-state index < -0.39 is 6.04 Å². The average molecular weight is 303 g/mol. The molecule has 3 nitrogen and oxygen atoms in total. The molecule has 0 heterocycles. The lowest BCUT2D eigenvalue weighted by Crippen LogP contribution is -2.46.